The second-order valence-electron chi connectivity index (χ2n) is 8.74. The molecule has 0 spiro atoms. The van der Waals surface area contributed by atoms with Gasteiger partial charge >= 0.3 is 0 Å². The summed E-state index contributed by atoms with van der Waals surface area (Å²) in [4.78, 5) is 37.5. The van der Waals surface area contributed by atoms with E-state index in [0.717, 1.165) is 29.9 Å². The number of carbonyl (C=O) groups excluding carboxylic acids is 2. The summed E-state index contributed by atoms with van der Waals surface area (Å²) in [5.74, 6) is 0.303. The van der Waals surface area contributed by atoms with Crippen LogP contribution in [-0.2, 0) is 9.59 Å². The van der Waals surface area contributed by atoms with Crippen LogP contribution in [0.15, 0.2) is 67.0 Å². The highest BCUT2D eigenvalue weighted by molar-refractivity contribution is 5.97. The van der Waals surface area contributed by atoms with Gasteiger partial charge in [0.05, 0.1) is 11.6 Å². The number of amides is 2. The molecule has 2 amide bonds. The number of nitrogens with one attached hydrogen (secondary N) is 2. The zero-order valence-corrected chi connectivity index (χ0v) is 19.6. The number of rotatable bonds is 9. The van der Waals surface area contributed by atoms with Crippen molar-refractivity contribution in [3.63, 3.8) is 0 Å². The van der Waals surface area contributed by atoms with Crippen LogP contribution < -0.4 is 10.6 Å². The van der Waals surface area contributed by atoms with Gasteiger partial charge in [0.1, 0.15) is 12.1 Å². The zero-order chi connectivity index (χ0) is 23.9. The fraction of sp³-hybridized carbons (Fsp3) is 0.308. The molecule has 1 saturated heterocycles. The minimum absolute atomic E-state index is 0.0539. The molecule has 1 unspecified atom stereocenters. The topological polar surface area (TPSA) is 90.5 Å². The summed E-state index contributed by atoms with van der Waals surface area (Å²) in [5, 5.41) is 6.21. The second-order valence-corrected chi connectivity index (χ2v) is 8.74. The van der Waals surface area contributed by atoms with Gasteiger partial charge < -0.3 is 20.4 Å². The Labute approximate surface area is 200 Å². The third-order valence-corrected chi connectivity index (χ3v) is 5.78. The average molecular weight is 459 g/mol. The maximum absolute atomic E-state index is 12.7. The van der Waals surface area contributed by atoms with Crippen molar-refractivity contribution in [3.05, 3.63) is 67.0 Å². The summed E-state index contributed by atoms with van der Waals surface area (Å²) in [6.07, 6.45) is 2.71. The van der Waals surface area contributed by atoms with Crippen LogP contribution in [0.2, 0.25) is 0 Å². The predicted octanol–water partition coefficient (Wildman–Crippen LogP) is 3.63. The molecule has 34 heavy (non-hydrogen) atoms. The van der Waals surface area contributed by atoms with Crippen LogP contribution in [-0.4, -0.2) is 65.3 Å². The van der Waals surface area contributed by atoms with E-state index < -0.39 is 0 Å². The SMILES string of the molecule is CN(C)CCCN1CC(C(=O)Nc2ccc(Nc3cc(-c4ccccc4)ncn3)cc2)CC1=O. The van der Waals surface area contributed by atoms with Gasteiger partial charge in [0.2, 0.25) is 11.8 Å². The van der Waals surface area contributed by atoms with E-state index in [1.54, 1.807) is 4.90 Å². The Balaban J connectivity index is 1.31. The van der Waals surface area contributed by atoms with Gasteiger partial charge in [-0.05, 0) is 51.3 Å². The molecule has 176 valence electrons. The Morgan fingerprint density at radius 1 is 1.06 bits per heavy atom. The second kappa shape index (κ2) is 10.9. The third kappa shape index (κ3) is 6.17. The predicted molar refractivity (Wildman–Crippen MR) is 134 cm³/mol. The first-order valence-electron chi connectivity index (χ1n) is 11.5. The highest BCUT2D eigenvalue weighted by Crippen LogP contribution is 2.23. The van der Waals surface area contributed by atoms with Crippen molar-refractivity contribution in [2.45, 2.75) is 12.8 Å². The maximum Gasteiger partial charge on any atom is 0.229 e. The molecule has 4 rings (SSSR count). The fourth-order valence-corrected chi connectivity index (χ4v) is 3.96. The van der Waals surface area contributed by atoms with Gasteiger partial charge in [0.15, 0.2) is 0 Å². The van der Waals surface area contributed by atoms with E-state index in [4.69, 9.17) is 0 Å². The summed E-state index contributed by atoms with van der Waals surface area (Å²) in [6, 6.07) is 19.3. The van der Waals surface area contributed by atoms with E-state index in [2.05, 4.69) is 25.5 Å². The number of benzene rings is 2. The Hall–Kier alpha value is -3.78. The Morgan fingerprint density at radius 2 is 1.79 bits per heavy atom. The van der Waals surface area contributed by atoms with Crippen LogP contribution in [0.25, 0.3) is 11.3 Å². The Kier molecular flexibility index (Phi) is 7.49. The molecule has 0 bridgehead atoms. The first kappa shape index (κ1) is 23.4. The van der Waals surface area contributed by atoms with Gasteiger partial charge in [0, 0.05) is 42.5 Å². The Morgan fingerprint density at radius 3 is 2.53 bits per heavy atom. The summed E-state index contributed by atoms with van der Waals surface area (Å²) in [7, 11) is 4.02. The van der Waals surface area contributed by atoms with Crippen LogP contribution in [0.1, 0.15) is 12.8 Å². The van der Waals surface area contributed by atoms with Crippen LogP contribution in [0.4, 0.5) is 17.2 Å². The van der Waals surface area contributed by atoms with E-state index in [9.17, 15) is 9.59 Å². The maximum atomic E-state index is 12.7. The average Bonchev–Trinajstić information content (AvgIpc) is 3.21. The number of likely N-dealkylation sites (tertiary alicyclic amines) is 1. The largest absolute Gasteiger partial charge is 0.342 e. The van der Waals surface area contributed by atoms with Crippen molar-refractivity contribution in [1.29, 1.82) is 0 Å². The lowest BCUT2D eigenvalue weighted by Gasteiger charge is -2.18. The van der Waals surface area contributed by atoms with Crippen molar-refractivity contribution in [3.8, 4) is 11.3 Å². The van der Waals surface area contributed by atoms with E-state index in [1.165, 1.54) is 6.33 Å². The molecule has 1 atom stereocenters. The van der Waals surface area contributed by atoms with Crippen LogP contribution in [0, 0.1) is 5.92 Å². The number of hydrogen-bond acceptors (Lipinski definition) is 6. The van der Waals surface area contributed by atoms with Crippen LogP contribution >= 0.6 is 0 Å². The van der Waals surface area contributed by atoms with E-state index >= 15 is 0 Å². The lowest BCUT2D eigenvalue weighted by molar-refractivity contribution is -0.128. The van der Waals surface area contributed by atoms with Crippen LogP contribution in [0.3, 0.4) is 0 Å². The molecule has 0 saturated carbocycles. The zero-order valence-electron chi connectivity index (χ0n) is 19.6. The monoisotopic (exact) mass is 458 g/mol. The lowest BCUT2D eigenvalue weighted by atomic mass is 10.1. The number of anilines is 3. The first-order chi connectivity index (χ1) is 16.5. The third-order valence-electron chi connectivity index (χ3n) is 5.78. The summed E-state index contributed by atoms with van der Waals surface area (Å²) < 4.78 is 0. The van der Waals surface area contributed by atoms with Crippen molar-refractivity contribution in [2.24, 2.45) is 5.92 Å². The number of hydrogen-bond donors (Lipinski definition) is 2. The number of nitrogens with zero attached hydrogens (tertiary/aromatic N) is 4. The van der Waals surface area contributed by atoms with Crippen molar-refractivity contribution in [1.82, 2.24) is 19.8 Å². The molecular weight excluding hydrogens is 428 g/mol. The van der Waals surface area contributed by atoms with Gasteiger partial charge in [-0.2, -0.15) is 0 Å². The molecule has 1 aliphatic rings. The molecule has 8 heteroatoms. The van der Waals surface area contributed by atoms with E-state index in [1.807, 2.05) is 74.8 Å². The molecule has 1 aromatic heterocycles. The molecule has 1 aliphatic heterocycles. The van der Waals surface area contributed by atoms with Crippen molar-refractivity contribution >= 4 is 29.0 Å². The minimum atomic E-state index is -0.318. The molecule has 0 radical (unpaired) electrons. The van der Waals surface area contributed by atoms with Crippen molar-refractivity contribution in [2.75, 3.05) is 44.4 Å². The minimum Gasteiger partial charge on any atom is -0.342 e. The molecule has 0 aliphatic carbocycles. The van der Waals surface area contributed by atoms with Gasteiger partial charge in [0.25, 0.3) is 0 Å². The smallest absolute Gasteiger partial charge is 0.229 e. The van der Waals surface area contributed by atoms with E-state index in [0.29, 0.717) is 24.6 Å². The molecule has 1 fully saturated rings. The number of aromatic nitrogens is 2. The fourth-order valence-electron chi connectivity index (χ4n) is 3.96. The first-order valence-corrected chi connectivity index (χ1v) is 11.5. The number of carbonyl (C=O) groups is 2. The van der Waals surface area contributed by atoms with Crippen molar-refractivity contribution < 1.29 is 9.59 Å². The highest BCUT2D eigenvalue weighted by atomic mass is 16.2. The van der Waals surface area contributed by atoms with Gasteiger partial charge in [-0.15, -0.1) is 0 Å². The Bertz CT molecular complexity index is 1120. The standard InChI is InChI=1S/C26H30N6O2/c1-31(2)13-6-14-32-17-20(15-25(32)33)26(34)30-22-11-9-21(10-12-22)29-24-16-23(27-18-28-24)19-7-4-3-5-8-19/h3-5,7-12,16,18,20H,6,13-15,17H2,1-2H3,(H,30,34)(H,27,28,29). The lowest BCUT2D eigenvalue weighted by Crippen LogP contribution is -2.30. The summed E-state index contributed by atoms with van der Waals surface area (Å²) in [6.45, 7) is 2.09. The quantitative estimate of drug-likeness (QED) is 0.509. The molecule has 2 N–H and O–H groups in total. The van der Waals surface area contributed by atoms with Gasteiger partial charge in [-0.1, -0.05) is 30.3 Å². The molecule has 3 aromatic rings. The molecule has 2 heterocycles. The highest BCUT2D eigenvalue weighted by Gasteiger charge is 2.33. The normalized spacial score (nSPS) is 15.6. The molecule has 2 aromatic carbocycles. The van der Waals surface area contributed by atoms with E-state index in [-0.39, 0.29) is 24.2 Å². The van der Waals surface area contributed by atoms with Crippen LogP contribution in [0.5, 0.6) is 0 Å². The van der Waals surface area contributed by atoms with Gasteiger partial charge in [-0.25, -0.2) is 9.97 Å². The molecular formula is C26H30N6O2. The summed E-state index contributed by atoms with van der Waals surface area (Å²) in [5.41, 5.74) is 3.40. The molecule has 8 nitrogen and oxygen atoms in total. The van der Waals surface area contributed by atoms with Gasteiger partial charge in [-0.3, -0.25) is 9.59 Å². The summed E-state index contributed by atoms with van der Waals surface area (Å²) >= 11 is 0.